The zero-order chi connectivity index (χ0) is 13.8. The minimum Gasteiger partial charge on any atom is -0.374 e. The summed E-state index contributed by atoms with van der Waals surface area (Å²) in [7, 11) is 3.92. The van der Waals surface area contributed by atoms with E-state index in [-0.39, 0.29) is 0 Å². The Morgan fingerprint density at radius 1 is 1.37 bits per heavy atom. The van der Waals surface area contributed by atoms with Crippen molar-refractivity contribution in [3.63, 3.8) is 0 Å². The number of nitrogens with zero attached hydrogens (tertiary/aromatic N) is 5. The van der Waals surface area contributed by atoms with Gasteiger partial charge in [-0.2, -0.15) is 4.98 Å². The van der Waals surface area contributed by atoms with Gasteiger partial charge < -0.3 is 16.0 Å². The number of nitrogens with two attached hydrogens (primary N) is 1. The highest BCUT2D eigenvalue weighted by molar-refractivity contribution is 7.15. The van der Waals surface area contributed by atoms with E-state index in [4.69, 9.17) is 5.73 Å². The van der Waals surface area contributed by atoms with E-state index in [1.807, 2.05) is 32.1 Å². The minimum atomic E-state index is 0.497. The van der Waals surface area contributed by atoms with Crippen molar-refractivity contribution in [2.24, 2.45) is 0 Å². The molecular weight excluding hydrogens is 262 g/mol. The first-order valence-corrected chi connectivity index (χ1v) is 6.70. The van der Waals surface area contributed by atoms with E-state index in [1.54, 1.807) is 0 Å². The van der Waals surface area contributed by atoms with Gasteiger partial charge in [0, 0.05) is 38.8 Å². The van der Waals surface area contributed by atoms with Gasteiger partial charge in [0.1, 0.15) is 10.8 Å². The van der Waals surface area contributed by atoms with Crippen LogP contribution in [0.1, 0.15) is 10.6 Å². The minimum absolute atomic E-state index is 0.497. The van der Waals surface area contributed by atoms with Crippen LogP contribution >= 0.6 is 11.3 Å². The highest BCUT2D eigenvalue weighted by atomic mass is 32.1. The zero-order valence-corrected chi connectivity index (χ0v) is 12.0. The molecule has 0 bridgehead atoms. The van der Waals surface area contributed by atoms with Crippen LogP contribution in [-0.4, -0.2) is 40.8 Å². The molecule has 0 aliphatic carbocycles. The molecule has 0 amide bonds. The number of hydrogen-bond donors (Lipinski definition) is 2. The van der Waals surface area contributed by atoms with Gasteiger partial charge in [-0.15, -0.1) is 10.2 Å². The van der Waals surface area contributed by atoms with Crippen LogP contribution < -0.4 is 16.0 Å². The SMILES string of the molecule is Cc1cnc(NCCc2nnc(N)s2)nc1N(C)C. The van der Waals surface area contributed by atoms with Gasteiger partial charge in [0.15, 0.2) is 0 Å². The van der Waals surface area contributed by atoms with Crippen molar-refractivity contribution in [2.45, 2.75) is 13.3 Å². The highest BCUT2D eigenvalue weighted by Crippen LogP contribution is 2.15. The second-order valence-corrected chi connectivity index (χ2v) is 5.40. The Morgan fingerprint density at radius 2 is 2.16 bits per heavy atom. The van der Waals surface area contributed by atoms with E-state index >= 15 is 0 Å². The normalized spacial score (nSPS) is 10.5. The molecule has 2 rings (SSSR count). The van der Waals surface area contributed by atoms with Crippen molar-refractivity contribution >= 4 is 28.2 Å². The zero-order valence-electron chi connectivity index (χ0n) is 11.2. The van der Waals surface area contributed by atoms with Crippen molar-refractivity contribution in [3.8, 4) is 0 Å². The van der Waals surface area contributed by atoms with Crippen LogP contribution in [0.25, 0.3) is 0 Å². The first-order valence-electron chi connectivity index (χ1n) is 5.89. The first-order chi connectivity index (χ1) is 9.06. The lowest BCUT2D eigenvalue weighted by Crippen LogP contribution is -2.15. The molecule has 0 atom stereocenters. The molecule has 19 heavy (non-hydrogen) atoms. The Labute approximate surface area is 115 Å². The molecular formula is C11H17N7S. The van der Waals surface area contributed by atoms with Crippen LogP contribution in [0.3, 0.4) is 0 Å². The predicted octanol–water partition coefficient (Wildman–Crippen LogP) is 0.939. The summed E-state index contributed by atoms with van der Waals surface area (Å²) < 4.78 is 0. The van der Waals surface area contributed by atoms with E-state index < -0.39 is 0 Å². The van der Waals surface area contributed by atoms with Crippen molar-refractivity contribution in [1.82, 2.24) is 20.2 Å². The maximum Gasteiger partial charge on any atom is 0.224 e. The quantitative estimate of drug-likeness (QED) is 0.841. The second kappa shape index (κ2) is 5.79. The Morgan fingerprint density at radius 3 is 2.79 bits per heavy atom. The maximum absolute atomic E-state index is 5.53. The number of rotatable bonds is 5. The van der Waals surface area contributed by atoms with E-state index in [2.05, 4.69) is 25.5 Å². The molecule has 0 saturated carbocycles. The summed E-state index contributed by atoms with van der Waals surface area (Å²) in [6, 6.07) is 0. The lowest BCUT2D eigenvalue weighted by Gasteiger charge is -2.15. The summed E-state index contributed by atoms with van der Waals surface area (Å²) in [4.78, 5) is 10.7. The average molecular weight is 279 g/mol. The van der Waals surface area contributed by atoms with Gasteiger partial charge in [-0.25, -0.2) is 4.98 Å². The van der Waals surface area contributed by atoms with E-state index in [1.165, 1.54) is 11.3 Å². The summed E-state index contributed by atoms with van der Waals surface area (Å²) in [6.07, 6.45) is 2.57. The first kappa shape index (κ1) is 13.5. The Kier molecular flexibility index (Phi) is 4.10. The second-order valence-electron chi connectivity index (χ2n) is 4.31. The molecule has 2 heterocycles. The summed E-state index contributed by atoms with van der Waals surface area (Å²) in [5.74, 6) is 1.53. The molecule has 0 spiro atoms. The highest BCUT2D eigenvalue weighted by Gasteiger charge is 2.06. The lowest BCUT2D eigenvalue weighted by molar-refractivity contribution is 0.922. The van der Waals surface area contributed by atoms with Crippen molar-refractivity contribution < 1.29 is 0 Å². The fraction of sp³-hybridized carbons (Fsp3) is 0.455. The van der Waals surface area contributed by atoms with Crippen molar-refractivity contribution in [1.29, 1.82) is 0 Å². The van der Waals surface area contributed by atoms with Gasteiger partial charge in [0.25, 0.3) is 0 Å². The Hall–Kier alpha value is -1.96. The topological polar surface area (TPSA) is 92.8 Å². The fourth-order valence-electron chi connectivity index (χ4n) is 1.62. The number of nitrogen functional groups attached to an aromatic ring is 1. The molecule has 2 aromatic heterocycles. The summed E-state index contributed by atoms with van der Waals surface area (Å²) >= 11 is 1.40. The molecule has 0 saturated heterocycles. The molecule has 0 aromatic carbocycles. The predicted molar refractivity (Wildman–Crippen MR) is 77.6 cm³/mol. The molecule has 0 radical (unpaired) electrons. The molecule has 0 aliphatic rings. The maximum atomic E-state index is 5.53. The third-order valence-electron chi connectivity index (χ3n) is 2.47. The number of hydrogen-bond acceptors (Lipinski definition) is 8. The smallest absolute Gasteiger partial charge is 0.224 e. The van der Waals surface area contributed by atoms with Crippen LogP contribution in [0.5, 0.6) is 0 Å². The van der Waals surface area contributed by atoms with Gasteiger partial charge in [0.2, 0.25) is 11.1 Å². The van der Waals surface area contributed by atoms with E-state index in [9.17, 15) is 0 Å². The summed E-state index contributed by atoms with van der Waals surface area (Å²) in [5.41, 5.74) is 6.57. The van der Waals surface area contributed by atoms with Gasteiger partial charge in [0.05, 0.1) is 0 Å². The van der Waals surface area contributed by atoms with Crippen LogP contribution in [0.4, 0.5) is 16.9 Å². The largest absolute Gasteiger partial charge is 0.374 e. The third-order valence-corrected chi connectivity index (χ3v) is 3.29. The molecule has 0 aliphatic heterocycles. The standard InChI is InChI=1S/C11H17N7S/c1-7-6-14-11(15-9(7)18(2)3)13-5-4-8-16-17-10(12)19-8/h6H,4-5H2,1-3H3,(H2,12,17)(H,13,14,15). The number of anilines is 3. The Bertz CT molecular complexity index is 552. The van der Waals surface area contributed by atoms with Crippen LogP contribution in [0.2, 0.25) is 0 Å². The van der Waals surface area contributed by atoms with Crippen LogP contribution in [0.15, 0.2) is 6.20 Å². The number of aromatic nitrogens is 4. The van der Waals surface area contributed by atoms with Crippen LogP contribution in [-0.2, 0) is 6.42 Å². The van der Waals surface area contributed by atoms with Gasteiger partial charge >= 0.3 is 0 Å². The molecule has 7 nitrogen and oxygen atoms in total. The number of nitrogens with one attached hydrogen (secondary N) is 1. The fourth-order valence-corrected chi connectivity index (χ4v) is 2.23. The van der Waals surface area contributed by atoms with Crippen molar-refractivity contribution in [3.05, 3.63) is 16.8 Å². The number of aryl methyl sites for hydroxylation is 1. The molecule has 3 N–H and O–H groups in total. The molecule has 0 fully saturated rings. The molecule has 2 aromatic rings. The van der Waals surface area contributed by atoms with Gasteiger partial charge in [-0.05, 0) is 6.92 Å². The summed E-state index contributed by atoms with van der Waals surface area (Å²) in [6.45, 7) is 2.69. The third kappa shape index (κ3) is 3.50. The van der Waals surface area contributed by atoms with Gasteiger partial charge in [-0.3, -0.25) is 0 Å². The molecule has 102 valence electrons. The van der Waals surface area contributed by atoms with Crippen LogP contribution in [0, 0.1) is 6.92 Å². The average Bonchev–Trinajstić information content (AvgIpc) is 2.77. The van der Waals surface area contributed by atoms with E-state index in [0.29, 0.717) is 17.6 Å². The Balaban J connectivity index is 1.94. The van der Waals surface area contributed by atoms with E-state index in [0.717, 1.165) is 22.8 Å². The monoisotopic (exact) mass is 279 g/mol. The van der Waals surface area contributed by atoms with Gasteiger partial charge in [-0.1, -0.05) is 11.3 Å². The summed E-state index contributed by atoms with van der Waals surface area (Å²) in [5, 5.41) is 12.3. The lowest BCUT2D eigenvalue weighted by atomic mass is 10.3. The molecule has 8 heteroatoms. The van der Waals surface area contributed by atoms with Crippen molar-refractivity contribution in [2.75, 3.05) is 36.6 Å². The molecule has 0 unspecified atom stereocenters.